The Hall–Kier alpha value is -0.780. The molecule has 0 saturated heterocycles. The van der Waals surface area contributed by atoms with Crippen LogP contribution in [0.3, 0.4) is 0 Å². The van der Waals surface area contributed by atoms with Crippen LogP contribution in [0.4, 0.5) is 0 Å². The zero-order valence-corrected chi connectivity index (χ0v) is 13.6. The minimum atomic E-state index is -3.97. The Balaban J connectivity index is 3.00. The number of rotatable bonds is 6. The van der Waals surface area contributed by atoms with Gasteiger partial charge in [-0.1, -0.05) is 31.9 Å². The van der Waals surface area contributed by atoms with E-state index in [2.05, 4.69) is 5.32 Å². The van der Waals surface area contributed by atoms with Crippen molar-refractivity contribution in [3.05, 3.63) is 28.8 Å². The van der Waals surface area contributed by atoms with Crippen LogP contribution in [0.1, 0.15) is 43.5 Å². The van der Waals surface area contributed by atoms with Crippen LogP contribution in [0.25, 0.3) is 0 Å². The summed E-state index contributed by atoms with van der Waals surface area (Å²) in [5, 5.41) is 2.86. The summed E-state index contributed by atoms with van der Waals surface area (Å²) in [5.41, 5.74) is 0.225. The highest BCUT2D eigenvalue weighted by Gasteiger charge is 2.18. The van der Waals surface area contributed by atoms with Gasteiger partial charge in [-0.15, -0.1) is 0 Å². The molecular formula is C13H17Cl2NO3S. The van der Waals surface area contributed by atoms with Crippen LogP contribution in [0.15, 0.2) is 23.1 Å². The van der Waals surface area contributed by atoms with Crippen LogP contribution in [-0.4, -0.2) is 20.4 Å². The van der Waals surface area contributed by atoms with E-state index in [0.29, 0.717) is 0 Å². The standard InChI is InChI=1S/C13H17Cl2NO3S/c1-3-5-10(4-2)16-13(17)9-6-7-11(14)12(8-9)20(15,18)19/h6-8,10H,3-5H2,1-2H3,(H,16,17). The van der Waals surface area contributed by atoms with Gasteiger partial charge in [0.05, 0.1) is 5.02 Å². The molecule has 1 unspecified atom stereocenters. The van der Waals surface area contributed by atoms with E-state index < -0.39 is 9.05 Å². The Kier molecular flexibility index (Phi) is 6.30. The van der Waals surface area contributed by atoms with Crippen molar-refractivity contribution in [2.45, 2.75) is 44.0 Å². The van der Waals surface area contributed by atoms with Crippen LogP contribution < -0.4 is 5.32 Å². The minimum absolute atomic E-state index is 0.00264. The molecule has 1 aromatic carbocycles. The third-order valence-electron chi connectivity index (χ3n) is 2.92. The molecule has 0 radical (unpaired) electrons. The molecule has 112 valence electrons. The van der Waals surface area contributed by atoms with Gasteiger partial charge < -0.3 is 5.32 Å². The van der Waals surface area contributed by atoms with Crippen molar-refractivity contribution in [1.82, 2.24) is 5.32 Å². The predicted octanol–water partition coefficient (Wildman–Crippen LogP) is 3.58. The summed E-state index contributed by atoms with van der Waals surface area (Å²) in [6.45, 7) is 4.02. The molecule has 4 nitrogen and oxygen atoms in total. The van der Waals surface area contributed by atoms with Gasteiger partial charge in [-0.05, 0) is 31.0 Å². The number of amides is 1. The normalized spacial score (nSPS) is 13.0. The first-order chi connectivity index (χ1) is 9.29. The zero-order chi connectivity index (χ0) is 15.3. The first-order valence-electron chi connectivity index (χ1n) is 6.34. The lowest BCUT2D eigenvalue weighted by molar-refractivity contribution is 0.0933. The van der Waals surface area contributed by atoms with Crippen molar-refractivity contribution < 1.29 is 13.2 Å². The number of hydrogen-bond acceptors (Lipinski definition) is 3. The highest BCUT2D eigenvalue weighted by molar-refractivity contribution is 8.13. The van der Waals surface area contributed by atoms with Gasteiger partial charge in [-0.2, -0.15) is 0 Å². The largest absolute Gasteiger partial charge is 0.349 e. The fourth-order valence-corrected chi connectivity index (χ4v) is 3.32. The van der Waals surface area contributed by atoms with Crippen molar-refractivity contribution in [3.63, 3.8) is 0 Å². The number of carbonyl (C=O) groups excluding carboxylic acids is 1. The Labute approximate surface area is 128 Å². The molecule has 0 saturated carbocycles. The summed E-state index contributed by atoms with van der Waals surface area (Å²) in [7, 11) is 1.31. The summed E-state index contributed by atoms with van der Waals surface area (Å²) < 4.78 is 22.7. The minimum Gasteiger partial charge on any atom is -0.349 e. The number of hydrogen-bond donors (Lipinski definition) is 1. The molecule has 0 bridgehead atoms. The first-order valence-corrected chi connectivity index (χ1v) is 9.03. The van der Waals surface area contributed by atoms with Crippen molar-refractivity contribution >= 4 is 37.2 Å². The number of carbonyl (C=O) groups is 1. The van der Waals surface area contributed by atoms with Gasteiger partial charge in [-0.3, -0.25) is 4.79 Å². The van der Waals surface area contributed by atoms with E-state index in [0.717, 1.165) is 19.3 Å². The summed E-state index contributed by atoms with van der Waals surface area (Å²) in [6.07, 6.45) is 2.64. The summed E-state index contributed by atoms with van der Waals surface area (Å²) >= 11 is 5.77. The van der Waals surface area contributed by atoms with Gasteiger partial charge in [0.1, 0.15) is 4.90 Å². The smallest absolute Gasteiger partial charge is 0.262 e. The molecule has 1 rings (SSSR count). The van der Waals surface area contributed by atoms with Gasteiger partial charge >= 0.3 is 0 Å². The van der Waals surface area contributed by atoms with Crippen molar-refractivity contribution in [2.75, 3.05) is 0 Å². The summed E-state index contributed by atoms with van der Waals surface area (Å²) in [5.74, 6) is -0.330. The van der Waals surface area contributed by atoms with Crippen LogP contribution in [0.5, 0.6) is 0 Å². The SMILES string of the molecule is CCCC(CC)NC(=O)c1ccc(Cl)c(S(=O)(=O)Cl)c1. The third-order valence-corrected chi connectivity index (χ3v) is 4.72. The quantitative estimate of drug-likeness (QED) is 0.807. The lowest BCUT2D eigenvalue weighted by atomic mass is 10.1. The van der Waals surface area contributed by atoms with Crippen LogP contribution in [0.2, 0.25) is 5.02 Å². The van der Waals surface area contributed by atoms with Crippen molar-refractivity contribution in [1.29, 1.82) is 0 Å². The molecule has 7 heteroatoms. The second-order valence-electron chi connectivity index (χ2n) is 4.45. The molecule has 1 atom stereocenters. The molecule has 0 spiro atoms. The molecule has 0 aliphatic carbocycles. The lowest BCUT2D eigenvalue weighted by Gasteiger charge is -2.16. The summed E-state index contributed by atoms with van der Waals surface area (Å²) in [4.78, 5) is 11.8. The molecule has 0 fully saturated rings. The van der Waals surface area contributed by atoms with E-state index in [4.69, 9.17) is 22.3 Å². The monoisotopic (exact) mass is 337 g/mol. The first kappa shape index (κ1) is 17.3. The Morgan fingerprint density at radius 1 is 1.35 bits per heavy atom. The highest BCUT2D eigenvalue weighted by Crippen LogP contribution is 2.25. The van der Waals surface area contributed by atoms with Crippen LogP contribution in [-0.2, 0) is 9.05 Å². The van der Waals surface area contributed by atoms with Gasteiger partial charge in [0.2, 0.25) is 0 Å². The molecule has 0 aliphatic heterocycles. The second kappa shape index (κ2) is 7.29. The molecule has 1 N–H and O–H groups in total. The van der Waals surface area contributed by atoms with Gasteiger partial charge in [-0.25, -0.2) is 8.42 Å². The number of nitrogens with one attached hydrogen (secondary N) is 1. The third kappa shape index (κ3) is 4.65. The highest BCUT2D eigenvalue weighted by atomic mass is 35.7. The van der Waals surface area contributed by atoms with Crippen molar-refractivity contribution in [3.8, 4) is 0 Å². The Morgan fingerprint density at radius 3 is 2.50 bits per heavy atom. The average molecular weight is 338 g/mol. The van der Waals surface area contributed by atoms with Gasteiger partial charge in [0.25, 0.3) is 15.0 Å². The maximum atomic E-state index is 12.1. The number of benzene rings is 1. The molecule has 20 heavy (non-hydrogen) atoms. The predicted molar refractivity (Wildman–Crippen MR) is 80.9 cm³/mol. The van der Waals surface area contributed by atoms with Gasteiger partial charge in [0.15, 0.2) is 0 Å². The maximum Gasteiger partial charge on any atom is 0.262 e. The van der Waals surface area contributed by atoms with Gasteiger partial charge in [0, 0.05) is 22.3 Å². The fourth-order valence-electron chi connectivity index (χ4n) is 1.83. The molecule has 0 aromatic heterocycles. The lowest BCUT2D eigenvalue weighted by Crippen LogP contribution is -2.34. The molecule has 0 heterocycles. The van der Waals surface area contributed by atoms with E-state index in [1.165, 1.54) is 18.2 Å². The Bertz CT molecular complexity index is 587. The molecule has 1 amide bonds. The van der Waals surface area contributed by atoms with E-state index >= 15 is 0 Å². The van der Waals surface area contributed by atoms with E-state index in [-0.39, 0.29) is 27.4 Å². The molecular weight excluding hydrogens is 321 g/mol. The Morgan fingerprint density at radius 2 is 2.00 bits per heavy atom. The summed E-state index contributed by atoms with van der Waals surface area (Å²) in [6, 6.07) is 4.09. The zero-order valence-electron chi connectivity index (χ0n) is 11.3. The van der Waals surface area contributed by atoms with Crippen LogP contribution >= 0.6 is 22.3 Å². The number of halogens is 2. The molecule has 1 aromatic rings. The van der Waals surface area contributed by atoms with E-state index in [9.17, 15) is 13.2 Å². The van der Waals surface area contributed by atoms with Crippen molar-refractivity contribution in [2.24, 2.45) is 0 Å². The topological polar surface area (TPSA) is 63.2 Å². The van der Waals surface area contributed by atoms with Crippen LogP contribution in [0, 0.1) is 0 Å². The van der Waals surface area contributed by atoms with E-state index in [1.54, 1.807) is 0 Å². The van der Waals surface area contributed by atoms with E-state index in [1.807, 2.05) is 13.8 Å². The second-order valence-corrected chi connectivity index (χ2v) is 7.39. The maximum absolute atomic E-state index is 12.1. The fraction of sp³-hybridized carbons (Fsp3) is 0.462. The average Bonchev–Trinajstić information content (AvgIpc) is 2.37. The molecule has 0 aliphatic rings.